The molecule has 2 amide bonds. The molecule has 2 aromatic carbocycles. The molecule has 36 heavy (non-hydrogen) atoms. The average molecular weight is 518 g/mol. The Morgan fingerprint density at radius 3 is 2.25 bits per heavy atom. The third kappa shape index (κ3) is 9.18. The Morgan fingerprint density at radius 2 is 1.67 bits per heavy atom. The summed E-state index contributed by atoms with van der Waals surface area (Å²) in [5, 5.41) is 2.90. The Balaban J connectivity index is 2.10. The number of hydrogen-bond donors (Lipinski definition) is 1. The monoisotopic (exact) mass is 517 g/mol. The SMILES string of the molecule is CCCCNC(=O)[C@@H](C)N(Cc1ccccc1)C(=O)CCCN(c1ccc(OCC)cc1)S(C)(=O)=O. The average Bonchev–Trinajstić information content (AvgIpc) is 2.85. The lowest BCUT2D eigenvalue weighted by atomic mass is 10.1. The van der Waals surface area contributed by atoms with Crippen molar-refractivity contribution in [2.45, 2.75) is 59.0 Å². The van der Waals surface area contributed by atoms with E-state index in [0.29, 0.717) is 37.6 Å². The minimum Gasteiger partial charge on any atom is -0.494 e. The van der Waals surface area contributed by atoms with E-state index >= 15 is 0 Å². The second kappa shape index (κ2) is 14.5. The minimum atomic E-state index is -3.55. The van der Waals surface area contributed by atoms with Gasteiger partial charge in [0.05, 0.1) is 18.6 Å². The molecular weight excluding hydrogens is 478 g/mol. The number of carbonyl (C=O) groups excluding carboxylic acids is 2. The second-order valence-electron chi connectivity index (χ2n) is 8.69. The molecule has 0 aliphatic heterocycles. The standard InChI is InChI=1S/C27H39N3O5S/c1-5-7-19-28-27(32)22(3)29(21-23-12-9-8-10-13-23)26(31)14-11-20-30(36(4,33)34)24-15-17-25(18-16-24)35-6-2/h8-10,12-13,15-18,22H,5-7,11,14,19-21H2,1-4H3,(H,28,32)/t22-/m1/s1. The highest BCUT2D eigenvalue weighted by molar-refractivity contribution is 7.92. The molecule has 0 fully saturated rings. The molecule has 198 valence electrons. The number of benzene rings is 2. The summed E-state index contributed by atoms with van der Waals surface area (Å²) in [6.07, 6.45) is 3.41. The van der Waals surface area contributed by atoms with Crippen LogP contribution in [0.5, 0.6) is 5.75 Å². The van der Waals surface area contributed by atoms with Gasteiger partial charge in [-0.05, 0) is 56.5 Å². The van der Waals surface area contributed by atoms with Gasteiger partial charge in [0.25, 0.3) is 0 Å². The fraction of sp³-hybridized carbons (Fsp3) is 0.481. The Kier molecular flexibility index (Phi) is 11.7. The maximum Gasteiger partial charge on any atom is 0.242 e. The van der Waals surface area contributed by atoms with Gasteiger partial charge < -0.3 is 15.0 Å². The van der Waals surface area contributed by atoms with Gasteiger partial charge in [-0.2, -0.15) is 0 Å². The Hall–Kier alpha value is -3.07. The molecule has 0 aromatic heterocycles. The Bertz CT molecular complexity index is 1060. The smallest absolute Gasteiger partial charge is 0.242 e. The van der Waals surface area contributed by atoms with Crippen molar-refractivity contribution >= 4 is 27.5 Å². The second-order valence-corrected chi connectivity index (χ2v) is 10.6. The van der Waals surface area contributed by atoms with E-state index in [1.807, 2.05) is 44.2 Å². The lowest BCUT2D eigenvalue weighted by Crippen LogP contribution is -2.47. The molecule has 1 atom stereocenters. The maximum atomic E-state index is 13.3. The zero-order valence-electron chi connectivity index (χ0n) is 21.8. The number of unbranched alkanes of at least 4 members (excludes halogenated alkanes) is 1. The Morgan fingerprint density at radius 1 is 1.00 bits per heavy atom. The number of nitrogens with one attached hydrogen (secondary N) is 1. The first-order valence-corrected chi connectivity index (χ1v) is 14.3. The normalized spacial score (nSPS) is 12.0. The van der Waals surface area contributed by atoms with Crippen molar-refractivity contribution in [2.24, 2.45) is 0 Å². The molecule has 0 saturated heterocycles. The summed E-state index contributed by atoms with van der Waals surface area (Å²) in [5.41, 5.74) is 1.43. The summed E-state index contributed by atoms with van der Waals surface area (Å²) in [5.74, 6) is 0.268. The quantitative estimate of drug-likeness (QED) is 0.361. The van der Waals surface area contributed by atoms with Crippen LogP contribution in [0.25, 0.3) is 0 Å². The highest BCUT2D eigenvalue weighted by atomic mass is 32.2. The first kappa shape index (κ1) is 29.2. The third-order valence-electron chi connectivity index (χ3n) is 5.78. The fourth-order valence-electron chi connectivity index (χ4n) is 3.78. The summed E-state index contributed by atoms with van der Waals surface area (Å²) >= 11 is 0. The largest absolute Gasteiger partial charge is 0.494 e. The molecule has 8 nitrogen and oxygen atoms in total. The van der Waals surface area contributed by atoms with E-state index in [1.54, 1.807) is 36.1 Å². The van der Waals surface area contributed by atoms with Gasteiger partial charge in [0, 0.05) is 26.1 Å². The van der Waals surface area contributed by atoms with Crippen LogP contribution in [0.1, 0.15) is 52.0 Å². The molecule has 1 N–H and O–H groups in total. The van der Waals surface area contributed by atoms with Crippen LogP contribution in [-0.2, 0) is 26.2 Å². The lowest BCUT2D eigenvalue weighted by Gasteiger charge is -2.29. The van der Waals surface area contributed by atoms with Crippen LogP contribution in [0.4, 0.5) is 5.69 Å². The van der Waals surface area contributed by atoms with Crippen LogP contribution in [-0.4, -0.2) is 57.1 Å². The number of carbonyl (C=O) groups is 2. The molecule has 0 spiro atoms. The number of sulfonamides is 1. The zero-order chi connectivity index (χ0) is 26.6. The molecular formula is C27H39N3O5S. The van der Waals surface area contributed by atoms with Crippen LogP contribution < -0.4 is 14.4 Å². The molecule has 0 radical (unpaired) electrons. The molecule has 0 aliphatic rings. The minimum absolute atomic E-state index is 0.114. The number of anilines is 1. The van der Waals surface area contributed by atoms with Crippen molar-refractivity contribution in [3.63, 3.8) is 0 Å². The molecule has 0 aliphatic carbocycles. The molecule has 9 heteroatoms. The van der Waals surface area contributed by atoms with Gasteiger partial charge in [0.1, 0.15) is 11.8 Å². The number of rotatable bonds is 15. The van der Waals surface area contributed by atoms with E-state index in [0.717, 1.165) is 24.7 Å². The molecule has 0 bridgehead atoms. The van der Waals surface area contributed by atoms with Crippen molar-refractivity contribution < 1.29 is 22.7 Å². The highest BCUT2D eigenvalue weighted by Gasteiger charge is 2.26. The van der Waals surface area contributed by atoms with Crippen molar-refractivity contribution in [1.82, 2.24) is 10.2 Å². The van der Waals surface area contributed by atoms with Crippen molar-refractivity contribution in [3.05, 3.63) is 60.2 Å². The molecule has 2 rings (SSSR count). The van der Waals surface area contributed by atoms with E-state index in [-0.39, 0.29) is 24.8 Å². The lowest BCUT2D eigenvalue weighted by molar-refractivity contribution is -0.140. The number of ether oxygens (including phenoxy) is 1. The molecule has 0 unspecified atom stereocenters. The third-order valence-corrected chi connectivity index (χ3v) is 6.97. The van der Waals surface area contributed by atoms with E-state index in [2.05, 4.69) is 5.32 Å². The van der Waals surface area contributed by atoms with Gasteiger partial charge in [-0.3, -0.25) is 13.9 Å². The van der Waals surface area contributed by atoms with E-state index in [9.17, 15) is 18.0 Å². The van der Waals surface area contributed by atoms with E-state index in [1.165, 1.54) is 4.31 Å². The summed E-state index contributed by atoms with van der Waals surface area (Å²) in [7, 11) is -3.55. The van der Waals surface area contributed by atoms with Crippen molar-refractivity contribution in [2.75, 3.05) is 30.3 Å². The number of amides is 2. The number of hydrogen-bond acceptors (Lipinski definition) is 5. The first-order valence-electron chi connectivity index (χ1n) is 12.5. The Labute approximate surface area is 215 Å². The summed E-state index contributed by atoms with van der Waals surface area (Å²) in [6, 6.07) is 15.7. The van der Waals surface area contributed by atoms with Crippen molar-refractivity contribution in [3.8, 4) is 5.75 Å². The van der Waals surface area contributed by atoms with Gasteiger partial charge in [0.15, 0.2) is 0 Å². The topological polar surface area (TPSA) is 96.0 Å². The van der Waals surface area contributed by atoms with Crippen LogP contribution in [0.3, 0.4) is 0 Å². The van der Waals surface area contributed by atoms with Crippen LogP contribution >= 0.6 is 0 Å². The first-order chi connectivity index (χ1) is 17.2. The van der Waals surface area contributed by atoms with E-state index < -0.39 is 16.1 Å². The predicted octanol–water partition coefficient (Wildman–Crippen LogP) is 3.97. The molecule has 0 heterocycles. The van der Waals surface area contributed by atoms with Crippen LogP contribution in [0.15, 0.2) is 54.6 Å². The summed E-state index contributed by atoms with van der Waals surface area (Å²) in [6.45, 7) is 7.19. The summed E-state index contributed by atoms with van der Waals surface area (Å²) < 4.78 is 31.7. The molecule has 0 saturated carbocycles. The van der Waals surface area contributed by atoms with Crippen LogP contribution in [0, 0.1) is 0 Å². The molecule has 2 aromatic rings. The van der Waals surface area contributed by atoms with Crippen molar-refractivity contribution in [1.29, 1.82) is 0 Å². The fourth-order valence-corrected chi connectivity index (χ4v) is 4.74. The van der Waals surface area contributed by atoms with Gasteiger partial charge in [0.2, 0.25) is 21.8 Å². The summed E-state index contributed by atoms with van der Waals surface area (Å²) in [4.78, 5) is 27.6. The van der Waals surface area contributed by atoms with Gasteiger partial charge in [-0.15, -0.1) is 0 Å². The van der Waals surface area contributed by atoms with Gasteiger partial charge >= 0.3 is 0 Å². The highest BCUT2D eigenvalue weighted by Crippen LogP contribution is 2.22. The van der Waals surface area contributed by atoms with Crippen LogP contribution in [0.2, 0.25) is 0 Å². The number of nitrogens with zero attached hydrogens (tertiary/aromatic N) is 2. The van der Waals surface area contributed by atoms with Gasteiger partial charge in [-0.1, -0.05) is 43.7 Å². The maximum absolute atomic E-state index is 13.3. The zero-order valence-corrected chi connectivity index (χ0v) is 22.6. The van der Waals surface area contributed by atoms with E-state index in [4.69, 9.17) is 4.74 Å². The predicted molar refractivity (Wildman–Crippen MR) is 143 cm³/mol. The van der Waals surface area contributed by atoms with Gasteiger partial charge in [-0.25, -0.2) is 8.42 Å².